The minimum atomic E-state index is 0.873. The zero-order valence-electron chi connectivity index (χ0n) is 26.6. The highest BCUT2D eigenvalue weighted by molar-refractivity contribution is 6.19. The summed E-state index contributed by atoms with van der Waals surface area (Å²) in [5, 5.41) is 7.15. The Morgan fingerprint density at radius 1 is 0.388 bits per heavy atom. The van der Waals surface area contributed by atoms with E-state index in [2.05, 4.69) is 179 Å². The Hall–Kier alpha value is -6.58. The van der Waals surface area contributed by atoms with Crippen molar-refractivity contribution in [1.82, 2.24) is 4.57 Å². The molecular formula is C46H30N2O. The maximum Gasteiger partial charge on any atom is 0.137 e. The van der Waals surface area contributed by atoms with Gasteiger partial charge in [0.2, 0.25) is 0 Å². The third kappa shape index (κ3) is 4.44. The van der Waals surface area contributed by atoms with E-state index < -0.39 is 0 Å². The lowest BCUT2D eigenvalue weighted by atomic mass is 10.0. The second kappa shape index (κ2) is 11.0. The van der Waals surface area contributed by atoms with Crippen LogP contribution in [-0.2, 0) is 0 Å². The van der Waals surface area contributed by atoms with E-state index in [0.29, 0.717) is 0 Å². The first-order chi connectivity index (χ1) is 24.3. The molecule has 0 unspecified atom stereocenters. The van der Waals surface area contributed by atoms with Gasteiger partial charge in [-0.05, 0) is 77.2 Å². The Morgan fingerprint density at radius 2 is 1.02 bits per heavy atom. The van der Waals surface area contributed by atoms with Crippen LogP contribution in [0.1, 0.15) is 0 Å². The van der Waals surface area contributed by atoms with Gasteiger partial charge < -0.3 is 13.9 Å². The highest BCUT2D eigenvalue weighted by atomic mass is 16.3. The van der Waals surface area contributed by atoms with Crippen molar-refractivity contribution < 1.29 is 4.42 Å². The lowest BCUT2D eigenvalue weighted by Crippen LogP contribution is -2.10. The molecule has 0 N–H and O–H groups in total. The first kappa shape index (κ1) is 27.5. The number of para-hydroxylation sites is 3. The zero-order valence-corrected chi connectivity index (χ0v) is 26.6. The lowest BCUT2D eigenvalue weighted by molar-refractivity contribution is 0.669. The molecule has 0 radical (unpaired) electrons. The van der Waals surface area contributed by atoms with E-state index in [9.17, 15) is 0 Å². The first-order valence-electron chi connectivity index (χ1n) is 16.7. The molecule has 0 aliphatic heterocycles. The number of nitrogens with zero attached hydrogens (tertiary/aromatic N) is 2. The van der Waals surface area contributed by atoms with E-state index in [0.717, 1.165) is 44.7 Å². The van der Waals surface area contributed by atoms with Crippen LogP contribution >= 0.6 is 0 Å². The van der Waals surface area contributed by atoms with Crippen molar-refractivity contribution in [2.75, 3.05) is 4.90 Å². The molecule has 3 nitrogen and oxygen atoms in total. The van der Waals surface area contributed by atoms with E-state index >= 15 is 0 Å². The highest BCUT2D eigenvalue weighted by Gasteiger charge is 2.19. The van der Waals surface area contributed by atoms with Crippen LogP contribution in [0.15, 0.2) is 186 Å². The summed E-state index contributed by atoms with van der Waals surface area (Å²) >= 11 is 0. The van der Waals surface area contributed by atoms with E-state index in [1.807, 2.05) is 12.1 Å². The summed E-state index contributed by atoms with van der Waals surface area (Å²) in [5.74, 6) is 0. The van der Waals surface area contributed by atoms with Crippen molar-refractivity contribution in [2.24, 2.45) is 0 Å². The molecule has 2 aromatic heterocycles. The van der Waals surface area contributed by atoms with Gasteiger partial charge in [-0.15, -0.1) is 0 Å². The summed E-state index contributed by atoms with van der Waals surface area (Å²) in [6.45, 7) is 0. The summed E-state index contributed by atoms with van der Waals surface area (Å²) in [4.78, 5) is 2.34. The second-order valence-corrected chi connectivity index (χ2v) is 12.6. The predicted octanol–water partition coefficient (Wildman–Crippen LogP) is 13.0. The number of anilines is 3. The Kier molecular flexibility index (Phi) is 6.18. The predicted molar refractivity (Wildman–Crippen MR) is 206 cm³/mol. The van der Waals surface area contributed by atoms with Gasteiger partial charge in [0.05, 0.1) is 11.0 Å². The van der Waals surface area contributed by atoms with Crippen LogP contribution in [0.5, 0.6) is 0 Å². The molecule has 0 fully saturated rings. The van der Waals surface area contributed by atoms with Crippen LogP contribution < -0.4 is 4.90 Å². The number of benzene rings is 8. The fraction of sp³-hybridized carbons (Fsp3) is 0. The van der Waals surface area contributed by atoms with Gasteiger partial charge in [-0.2, -0.15) is 0 Å². The van der Waals surface area contributed by atoms with Crippen LogP contribution in [-0.4, -0.2) is 4.57 Å². The number of hydrogen-bond acceptors (Lipinski definition) is 2. The molecule has 0 saturated carbocycles. The van der Waals surface area contributed by atoms with Gasteiger partial charge in [-0.25, -0.2) is 0 Å². The van der Waals surface area contributed by atoms with Gasteiger partial charge in [-0.1, -0.05) is 115 Å². The average Bonchev–Trinajstić information content (AvgIpc) is 3.71. The molecule has 0 spiro atoms. The summed E-state index contributed by atoms with van der Waals surface area (Å²) in [7, 11) is 0. The van der Waals surface area contributed by atoms with Crippen LogP contribution in [0.4, 0.5) is 17.1 Å². The molecule has 10 rings (SSSR count). The molecule has 8 aromatic carbocycles. The van der Waals surface area contributed by atoms with Gasteiger partial charge in [-0.3, -0.25) is 0 Å². The molecule has 49 heavy (non-hydrogen) atoms. The van der Waals surface area contributed by atoms with E-state index in [1.165, 1.54) is 43.7 Å². The highest BCUT2D eigenvalue weighted by Crippen LogP contribution is 2.42. The van der Waals surface area contributed by atoms with Crippen molar-refractivity contribution in [3.63, 3.8) is 0 Å². The molecule has 2 heterocycles. The topological polar surface area (TPSA) is 21.3 Å². The molecular weight excluding hydrogens is 597 g/mol. The number of aromatic nitrogens is 1. The van der Waals surface area contributed by atoms with Gasteiger partial charge in [0.15, 0.2) is 0 Å². The monoisotopic (exact) mass is 626 g/mol. The molecule has 3 heteroatoms. The minimum Gasteiger partial charge on any atom is -0.456 e. The second-order valence-electron chi connectivity index (χ2n) is 12.6. The SMILES string of the molecule is c1ccc(-c2cccc(N(c3ccc4c(ccc5c6ccccc6n(-c6ccccc6)c45)c3)c3ccc4c(c3)oc3ccccc34)c2)cc1. The summed E-state index contributed by atoms with van der Waals surface area (Å²) in [5.41, 5.74) is 10.9. The smallest absolute Gasteiger partial charge is 0.137 e. The van der Waals surface area contributed by atoms with Gasteiger partial charge in [0.25, 0.3) is 0 Å². The third-order valence-electron chi connectivity index (χ3n) is 9.74. The molecule has 10 aromatic rings. The number of fused-ring (bicyclic) bond motifs is 8. The number of rotatable bonds is 5. The van der Waals surface area contributed by atoms with Crippen LogP contribution in [0, 0.1) is 0 Å². The van der Waals surface area contributed by atoms with Crippen molar-refractivity contribution in [2.45, 2.75) is 0 Å². The molecule has 0 bridgehead atoms. The number of furan rings is 1. The standard InChI is InChI=1S/C46H30N2O/c1-3-12-31(13-4-1)32-14-11-17-35(28-32)47(37-24-27-41-40-19-8-10-21-44(40)49-45(41)30-37)36-23-26-38-33(29-36)22-25-42-39-18-7-9-20-43(39)48(46(38)42)34-15-5-2-6-16-34/h1-30H. The van der Waals surface area contributed by atoms with Crippen molar-refractivity contribution >= 4 is 71.6 Å². The van der Waals surface area contributed by atoms with E-state index in [4.69, 9.17) is 4.42 Å². The Morgan fingerprint density at radius 3 is 1.88 bits per heavy atom. The van der Waals surface area contributed by atoms with Gasteiger partial charge >= 0.3 is 0 Å². The van der Waals surface area contributed by atoms with Crippen LogP contribution in [0.2, 0.25) is 0 Å². The molecule has 0 amide bonds. The Bertz CT molecular complexity index is 2830. The van der Waals surface area contributed by atoms with Crippen molar-refractivity contribution in [1.29, 1.82) is 0 Å². The molecule has 0 atom stereocenters. The van der Waals surface area contributed by atoms with E-state index in [-0.39, 0.29) is 0 Å². The summed E-state index contributed by atoms with van der Waals surface area (Å²) < 4.78 is 8.79. The molecule has 230 valence electrons. The maximum atomic E-state index is 6.38. The van der Waals surface area contributed by atoms with E-state index in [1.54, 1.807) is 0 Å². The fourth-order valence-electron chi connectivity index (χ4n) is 7.52. The third-order valence-corrected chi connectivity index (χ3v) is 9.74. The summed E-state index contributed by atoms with van der Waals surface area (Å²) in [6.07, 6.45) is 0. The normalized spacial score (nSPS) is 11.7. The fourth-order valence-corrected chi connectivity index (χ4v) is 7.52. The molecule has 0 aliphatic rings. The zero-order chi connectivity index (χ0) is 32.3. The number of hydrogen-bond donors (Lipinski definition) is 0. The lowest BCUT2D eigenvalue weighted by Gasteiger charge is -2.26. The van der Waals surface area contributed by atoms with Gasteiger partial charge in [0, 0.05) is 55.7 Å². The molecule has 0 aliphatic carbocycles. The summed E-state index contributed by atoms with van der Waals surface area (Å²) in [6, 6.07) is 65.0. The van der Waals surface area contributed by atoms with Gasteiger partial charge in [0.1, 0.15) is 11.2 Å². The van der Waals surface area contributed by atoms with Crippen LogP contribution in [0.25, 0.3) is 71.3 Å². The average molecular weight is 627 g/mol. The van der Waals surface area contributed by atoms with Crippen LogP contribution in [0.3, 0.4) is 0 Å². The minimum absolute atomic E-state index is 0.873. The van der Waals surface area contributed by atoms with Crippen molar-refractivity contribution in [3.05, 3.63) is 182 Å². The first-order valence-corrected chi connectivity index (χ1v) is 16.7. The largest absolute Gasteiger partial charge is 0.456 e. The maximum absolute atomic E-state index is 6.38. The van der Waals surface area contributed by atoms with Crippen molar-refractivity contribution in [3.8, 4) is 16.8 Å². The Balaban J connectivity index is 1.20. The Labute approximate surface area is 283 Å². The quantitative estimate of drug-likeness (QED) is 0.190. The molecule has 0 saturated heterocycles.